The third-order valence-corrected chi connectivity index (χ3v) is 2.21. The molecule has 0 amide bonds. The first-order valence-corrected chi connectivity index (χ1v) is 4.76. The Kier molecular flexibility index (Phi) is 3.93. The van der Waals surface area contributed by atoms with Crippen molar-refractivity contribution in [3.8, 4) is 0 Å². The monoisotopic (exact) mass is 179 g/mol. The van der Waals surface area contributed by atoms with Crippen LogP contribution in [0.2, 0.25) is 0 Å². The molecule has 0 heterocycles. The van der Waals surface area contributed by atoms with Crippen molar-refractivity contribution in [2.24, 2.45) is 0 Å². The highest BCUT2D eigenvalue weighted by Gasteiger charge is 2.01. The van der Waals surface area contributed by atoms with Gasteiger partial charge in [-0.3, -0.25) is 0 Å². The highest BCUT2D eigenvalue weighted by Crippen LogP contribution is 2.13. The first-order chi connectivity index (χ1) is 6.27. The molecule has 1 aromatic carbocycles. The summed E-state index contributed by atoms with van der Waals surface area (Å²) in [5.74, 6) is 0. The molecule has 0 aliphatic heterocycles. The molecule has 0 saturated heterocycles. The van der Waals surface area contributed by atoms with Crippen LogP contribution >= 0.6 is 0 Å². The van der Waals surface area contributed by atoms with Crippen molar-refractivity contribution in [1.82, 2.24) is 5.48 Å². The smallest absolute Gasteiger partial charge is 0.0540 e. The highest BCUT2D eigenvalue weighted by atomic mass is 16.5. The van der Waals surface area contributed by atoms with Crippen LogP contribution in [-0.2, 0) is 6.42 Å². The van der Waals surface area contributed by atoms with Gasteiger partial charge in [0.05, 0.1) is 6.04 Å². The normalized spacial score (nSPS) is 12.8. The van der Waals surface area contributed by atoms with E-state index in [1.165, 1.54) is 12.0 Å². The maximum atomic E-state index is 8.71. The van der Waals surface area contributed by atoms with E-state index < -0.39 is 0 Å². The van der Waals surface area contributed by atoms with Crippen LogP contribution in [0.15, 0.2) is 24.3 Å². The van der Waals surface area contributed by atoms with E-state index in [4.69, 9.17) is 5.21 Å². The zero-order valence-electron chi connectivity index (χ0n) is 8.25. The predicted molar refractivity (Wildman–Crippen MR) is 53.8 cm³/mol. The molecule has 2 N–H and O–H groups in total. The molecular formula is C11H17NO. The Balaban J connectivity index is 2.69. The maximum absolute atomic E-state index is 8.71. The van der Waals surface area contributed by atoms with Gasteiger partial charge in [-0.25, -0.2) is 0 Å². The lowest BCUT2D eigenvalue weighted by molar-refractivity contribution is 0.133. The quantitative estimate of drug-likeness (QED) is 0.696. The van der Waals surface area contributed by atoms with Crippen LogP contribution in [0.3, 0.4) is 0 Å². The number of hydrogen-bond donors (Lipinski definition) is 2. The summed E-state index contributed by atoms with van der Waals surface area (Å²) < 4.78 is 0. The van der Waals surface area contributed by atoms with Crippen LogP contribution in [0, 0.1) is 0 Å². The molecule has 72 valence electrons. The molecule has 13 heavy (non-hydrogen) atoms. The Bertz CT molecular complexity index is 243. The number of hydrogen-bond acceptors (Lipinski definition) is 2. The second kappa shape index (κ2) is 5.00. The van der Waals surface area contributed by atoms with E-state index in [0.717, 1.165) is 12.0 Å². The molecule has 0 spiro atoms. The average molecular weight is 179 g/mol. The minimum absolute atomic E-state index is 0.00989. The molecule has 0 aromatic heterocycles. The Morgan fingerprint density at radius 1 is 1.31 bits per heavy atom. The predicted octanol–water partition coefficient (Wildman–Crippen LogP) is 2.68. The lowest BCUT2D eigenvalue weighted by atomic mass is 10.0. The second-order valence-corrected chi connectivity index (χ2v) is 3.34. The summed E-state index contributed by atoms with van der Waals surface area (Å²) in [5, 5.41) is 8.71. The number of aryl methyl sites for hydroxylation is 1. The average Bonchev–Trinajstić information content (AvgIpc) is 2.18. The second-order valence-electron chi connectivity index (χ2n) is 3.34. The van der Waals surface area contributed by atoms with Crippen LogP contribution in [0.4, 0.5) is 0 Å². The van der Waals surface area contributed by atoms with E-state index in [9.17, 15) is 0 Å². The minimum Gasteiger partial charge on any atom is -0.316 e. The molecule has 1 aromatic rings. The number of nitrogens with one attached hydrogen (secondary N) is 1. The van der Waals surface area contributed by atoms with E-state index in [2.05, 4.69) is 36.7 Å². The molecule has 1 rings (SSSR count). The molecule has 1 atom stereocenters. The first kappa shape index (κ1) is 10.2. The van der Waals surface area contributed by atoms with Crippen molar-refractivity contribution in [3.63, 3.8) is 0 Å². The van der Waals surface area contributed by atoms with Gasteiger partial charge in [-0.2, -0.15) is 5.48 Å². The summed E-state index contributed by atoms with van der Waals surface area (Å²) >= 11 is 0. The summed E-state index contributed by atoms with van der Waals surface area (Å²) in [6.45, 7) is 4.10. The molecular weight excluding hydrogens is 162 g/mol. The van der Waals surface area contributed by atoms with Crippen molar-refractivity contribution in [2.45, 2.75) is 32.7 Å². The summed E-state index contributed by atoms with van der Waals surface area (Å²) in [6.07, 6.45) is 2.30. The fraction of sp³-hybridized carbons (Fsp3) is 0.455. The Morgan fingerprint density at radius 2 is 1.92 bits per heavy atom. The van der Waals surface area contributed by atoms with Gasteiger partial charge in [0.2, 0.25) is 0 Å². The molecule has 1 unspecified atom stereocenters. The van der Waals surface area contributed by atoms with Gasteiger partial charge in [-0.1, -0.05) is 37.6 Å². The van der Waals surface area contributed by atoms with Gasteiger partial charge in [0.15, 0.2) is 0 Å². The zero-order chi connectivity index (χ0) is 9.68. The van der Waals surface area contributed by atoms with Gasteiger partial charge in [0, 0.05) is 0 Å². The lowest BCUT2D eigenvalue weighted by Crippen LogP contribution is -2.12. The van der Waals surface area contributed by atoms with Crippen LogP contribution in [-0.4, -0.2) is 5.21 Å². The van der Waals surface area contributed by atoms with E-state index in [0.29, 0.717) is 0 Å². The minimum atomic E-state index is 0.00989. The molecule has 2 heteroatoms. The molecule has 0 aliphatic rings. The lowest BCUT2D eigenvalue weighted by Gasteiger charge is -2.09. The molecule has 0 bridgehead atoms. The first-order valence-electron chi connectivity index (χ1n) is 4.76. The van der Waals surface area contributed by atoms with Gasteiger partial charge in [0.1, 0.15) is 0 Å². The zero-order valence-corrected chi connectivity index (χ0v) is 8.25. The summed E-state index contributed by atoms with van der Waals surface area (Å²) in [6, 6.07) is 8.35. The third kappa shape index (κ3) is 2.83. The van der Waals surface area contributed by atoms with Gasteiger partial charge < -0.3 is 5.21 Å². The van der Waals surface area contributed by atoms with Crippen LogP contribution in [0.25, 0.3) is 0 Å². The number of hydroxylamine groups is 1. The molecule has 0 radical (unpaired) electrons. The Morgan fingerprint density at radius 3 is 2.38 bits per heavy atom. The van der Waals surface area contributed by atoms with E-state index in [1.54, 1.807) is 0 Å². The number of rotatable bonds is 4. The van der Waals surface area contributed by atoms with Crippen molar-refractivity contribution in [3.05, 3.63) is 35.4 Å². The molecule has 0 saturated carbocycles. The number of benzene rings is 1. The molecule has 0 fully saturated rings. The van der Waals surface area contributed by atoms with Gasteiger partial charge >= 0.3 is 0 Å². The van der Waals surface area contributed by atoms with E-state index in [-0.39, 0.29) is 6.04 Å². The van der Waals surface area contributed by atoms with Crippen LogP contribution < -0.4 is 5.48 Å². The largest absolute Gasteiger partial charge is 0.316 e. The van der Waals surface area contributed by atoms with Crippen molar-refractivity contribution < 1.29 is 5.21 Å². The van der Waals surface area contributed by atoms with E-state index in [1.807, 2.05) is 6.92 Å². The maximum Gasteiger partial charge on any atom is 0.0540 e. The van der Waals surface area contributed by atoms with Gasteiger partial charge in [-0.05, 0) is 24.5 Å². The Labute approximate surface area is 79.6 Å². The topological polar surface area (TPSA) is 32.3 Å². The molecule has 2 nitrogen and oxygen atoms in total. The van der Waals surface area contributed by atoms with Crippen LogP contribution in [0.5, 0.6) is 0 Å². The standard InChI is InChI=1S/C11H17NO/c1-3-4-10-5-7-11(8-6-10)9(2)12-13/h5-9,12-13H,3-4H2,1-2H3. The van der Waals surface area contributed by atoms with Crippen molar-refractivity contribution >= 4 is 0 Å². The van der Waals surface area contributed by atoms with Crippen molar-refractivity contribution in [2.75, 3.05) is 0 Å². The summed E-state index contributed by atoms with van der Waals surface area (Å²) in [4.78, 5) is 0. The summed E-state index contributed by atoms with van der Waals surface area (Å²) in [5.41, 5.74) is 4.70. The van der Waals surface area contributed by atoms with Gasteiger partial charge in [-0.15, -0.1) is 0 Å². The van der Waals surface area contributed by atoms with Gasteiger partial charge in [0.25, 0.3) is 0 Å². The van der Waals surface area contributed by atoms with E-state index >= 15 is 0 Å². The summed E-state index contributed by atoms with van der Waals surface area (Å²) in [7, 11) is 0. The molecule has 0 aliphatic carbocycles. The fourth-order valence-electron chi connectivity index (χ4n) is 1.34. The fourth-order valence-corrected chi connectivity index (χ4v) is 1.34. The highest BCUT2D eigenvalue weighted by molar-refractivity contribution is 5.24. The Hall–Kier alpha value is -0.860. The SMILES string of the molecule is CCCc1ccc(C(C)NO)cc1. The third-order valence-electron chi connectivity index (χ3n) is 2.21. The van der Waals surface area contributed by atoms with Crippen molar-refractivity contribution in [1.29, 1.82) is 0 Å². The van der Waals surface area contributed by atoms with Crippen LogP contribution in [0.1, 0.15) is 37.4 Å².